The van der Waals surface area contributed by atoms with Crippen LogP contribution >= 0.6 is 0 Å². The summed E-state index contributed by atoms with van der Waals surface area (Å²) in [6.07, 6.45) is 1.49. The second-order valence-electron chi connectivity index (χ2n) is 3.01. The molecule has 0 amide bonds. The summed E-state index contributed by atoms with van der Waals surface area (Å²) in [7, 11) is 0. The molecule has 0 aliphatic carbocycles. The first-order chi connectivity index (χ1) is 7.18. The molecule has 76 valence electrons. The summed E-state index contributed by atoms with van der Waals surface area (Å²) in [5.74, 6) is -0.569. The highest BCUT2D eigenvalue weighted by atomic mass is 19.1. The van der Waals surface area contributed by atoms with Crippen LogP contribution in [-0.4, -0.2) is 14.8 Å². The third kappa shape index (κ3) is 1.76. The Morgan fingerprint density at radius 1 is 1.33 bits per heavy atom. The standard InChI is InChI=1S/C10H8FN3O/c1-7-8(4-5-9(11)13-7)14-10(15)3-2-6-12-14/h2-6H,1H3. The van der Waals surface area contributed by atoms with Gasteiger partial charge in [0.1, 0.15) is 0 Å². The number of rotatable bonds is 1. The van der Waals surface area contributed by atoms with Crippen LogP contribution in [0.25, 0.3) is 5.69 Å². The van der Waals surface area contributed by atoms with Crippen LogP contribution in [-0.2, 0) is 0 Å². The van der Waals surface area contributed by atoms with Gasteiger partial charge in [0.25, 0.3) is 5.56 Å². The van der Waals surface area contributed by atoms with Gasteiger partial charge in [0, 0.05) is 12.3 Å². The van der Waals surface area contributed by atoms with Gasteiger partial charge in [-0.15, -0.1) is 0 Å². The van der Waals surface area contributed by atoms with Crippen LogP contribution in [0.15, 0.2) is 35.3 Å². The van der Waals surface area contributed by atoms with E-state index in [1.54, 1.807) is 13.0 Å². The van der Waals surface area contributed by atoms with Crippen molar-refractivity contribution >= 4 is 0 Å². The molecule has 0 radical (unpaired) electrons. The monoisotopic (exact) mass is 205 g/mol. The number of nitrogens with zero attached hydrogens (tertiary/aromatic N) is 3. The molecule has 0 bridgehead atoms. The van der Waals surface area contributed by atoms with Crippen LogP contribution in [0, 0.1) is 12.9 Å². The maximum Gasteiger partial charge on any atom is 0.271 e. The van der Waals surface area contributed by atoms with Gasteiger partial charge >= 0.3 is 0 Å². The number of halogens is 1. The summed E-state index contributed by atoms with van der Waals surface area (Å²) >= 11 is 0. The molecule has 0 N–H and O–H groups in total. The van der Waals surface area contributed by atoms with Crippen LogP contribution in [0.3, 0.4) is 0 Å². The molecule has 0 aliphatic rings. The highest BCUT2D eigenvalue weighted by molar-refractivity contribution is 5.34. The molecule has 0 aliphatic heterocycles. The Labute approximate surface area is 85.0 Å². The number of hydrogen-bond donors (Lipinski definition) is 0. The van der Waals surface area contributed by atoms with Crippen molar-refractivity contribution in [3.8, 4) is 5.69 Å². The quantitative estimate of drug-likeness (QED) is 0.654. The molecule has 2 rings (SSSR count). The van der Waals surface area contributed by atoms with E-state index in [0.717, 1.165) is 0 Å². The fourth-order valence-electron chi connectivity index (χ4n) is 1.29. The molecule has 0 unspecified atom stereocenters. The van der Waals surface area contributed by atoms with Crippen molar-refractivity contribution in [1.82, 2.24) is 14.8 Å². The molecule has 2 aromatic heterocycles. The van der Waals surface area contributed by atoms with E-state index < -0.39 is 5.95 Å². The summed E-state index contributed by atoms with van der Waals surface area (Å²) in [5.41, 5.74) is 0.645. The molecule has 4 nitrogen and oxygen atoms in total. The van der Waals surface area contributed by atoms with Gasteiger partial charge < -0.3 is 0 Å². The molecular weight excluding hydrogens is 197 g/mol. The Morgan fingerprint density at radius 3 is 2.80 bits per heavy atom. The zero-order chi connectivity index (χ0) is 10.8. The van der Waals surface area contributed by atoms with Crippen LogP contribution in [0.4, 0.5) is 4.39 Å². The summed E-state index contributed by atoms with van der Waals surface area (Å²) in [4.78, 5) is 15.1. The lowest BCUT2D eigenvalue weighted by molar-refractivity contribution is 0.577. The zero-order valence-corrected chi connectivity index (χ0v) is 8.01. The van der Waals surface area contributed by atoms with Gasteiger partial charge in [-0.1, -0.05) is 0 Å². The van der Waals surface area contributed by atoms with Crippen molar-refractivity contribution in [2.24, 2.45) is 0 Å². The zero-order valence-electron chi connectivity index (χ0n) is 8.01. The maximum atomic E-state index is 12.7. The van der Waals surface area contributed by atoms with Crippen LogP contribution in [0.1, 0.15) is 5.69 Å². The van der Waals surface area contributed by atoms with Crippen molar-refractivity contribution in [3.63, 3.8) is 0 Å². The Kier molecular flexibility index (Phi) is 2.29. The Bertz CT molecular complexity index is 550. The van der Waals surface area contributed by atoms with Gasteiger partial charge in [-0.2, -0.15) is 14.2 Å². The van der Waals surface area contributed by atoms with Crippen LogP contribution in [0.5, 0.6) is 0 Å². The lowest BCUT2D eigenvalue weighted by atomic mass is 10.3. The maximum absolute atomic E-state index is 12.7. The minimum atomic E-state index is -0.569. The van der Waals surface area contributed by atoms with Crippen molar-refractivity contribution < 1.29 is 4.39 Å². The third-order valence-electron chi connectivity index (χ3n) is 1.97. The van der Waals surface area contributed by atoms with E-state index >= 15 is 0 Å². The largest absolute Gasteiger partial charge is 0.271 e. The lowest BCUT2D eigenvalue weighted by Gasteiger charge is -2.05. The van der Waals surface area contributed by atoms with E-state index in [2.05, 4.69) is 10.1 Å². The van der Waals surface area contributed by atoms with E-state index in [-0.39, 0.29) is 5.56 Å². The number of hydrogen-bond acceptors (Lipinski definition) is 3. The smallest absolute Gasteiger partial charge is 0.267 e. The molecule has 0 aromatic carbocycles. The first-order valence-electron chi connectivity index (χ1n) is 4.36. The predicted molar refractivity (Wildman–Crippen MR) is 52.3 cm³/mol. The van der Waals surface area contributed by atoms with Gasteiger partial charge in [-0.05, 0) is 25.1 Å². The van der Waals surface area contributed by atoms with Gasteiger partial charge in [0.05, 0.1) is 11.4 Å². The molecule has 5 heteroatoms. The highest BCUT2D eigenvalue weighted by Crippen LogP contribution is 2.08. The molecule has 2 heterocycles. The van der Waals surface area contributed by atoms with Crippen molar-refractivity contribution in [3.05, 3.63) is 52.5 Å². The SMILES string of the molecule is Cc1nc(F)ccc1-n1ncccc1=O. The second-order valence-corrected chi connectivity index (χ2v) is 3.01. The predicted octanol–water partition coefficient (Wildman–Crippen LogP) is 1.08. The number of aryl methyl sites for hydroxylation is 1. The Morgan fingerprint density at radius 2 is 2.13 bits per heavy atom. The summed E-state index contributed by atoms with van der Waals surface area (Å²) < 4.78 is 13.9. The lowest BCUT2D eigenvalue weighted by Crippen LogP contribution is -2.20. The first-order valence-corrected chi connectivity index (χ1v) is 4.36. The number of pyridine rings is 1. The van der Waals surface area contributed by atoms with E-state index in [1.165, 1.54) is 29.1 Å². The molecule has 0 spiro atoms. The molecule has 15 heavy (non-hydrogen) atoms. The fourth-order valence-corrected chi connectivity index (χ4v) is 1.29. The van der Waals surface area contributed by atoms with Crippen LogP contribution in [0.2, 0.25) is 0 Å². The second kappa shape index (κ2) is 3.61. The topological polar surface area (TPSA) is 47.8 Å². The highest BCUT2D eigenvalue weighted by Gasteiger charge is 2.05. The van der Waals surface area contributed by atoms with Crippen molar-refractivity contribution in [1.29, 1.82) is 0 Å². The Hall–Kier alpha value is -2.04. The summed E-state index contributed by atoms with van der Waals surface area (Å²) in [6, 6.07) is 5.61. The normalized spacial score (nSPS) is 10.3. The van der Waals surface area contributed by atoms with Crippen LogP contribution < -0.4 is 5.56 Å². The average molecular weight is 205 g/mol. The molecule has 2 aromatic rings. The minimum absolute atomic E-state index is 0.269. The number of aromatic nitrogens is 3. The van der Waals surface area contributed by atoms with E-state index in [9.17, 15) is 9.18 Å². The van der Waals surface area contributed by atoms with Gasteiger partial charge in [-0.25, -0.2) is 4.98 Å². The molecule has 0 fully saturated rings. The third-order valence-corrected chi connectivity index (χ3v) is 1.97. The van der Waals surface area contributed by atoms with E-state index in [4.69, 9.17) is 0 Å². The van der Waals surface area contributed by atoms with Crippen molar-refractivity contribution in [2.45, 2.75) is 6.92 Å². The van der Waals surface area contributed by atoms with Gasteiger partial charge in [-0.3, -0.25) is 4.79 Å². The molecule has 0 saturated carbocycles. The molecule has 0 atom stereocenters. The van der Waals surface area contributed by atoms with Crippen molar-refractivity contribution in [2.75, 3.05) is 0 Å². The van der Waals surface area contributed by atoms with Gasteiger partial charge in [0.15, 0.2) is 0 Å². The van der Waals surface area contributed by atoms with Gasteiger partial charge in [0.2, 0.25) is 5.95 Å². The average Bonchev–Trinajstić information content (AvgIpc) is 2.20. The van der Waals surface area contributed by atoms with E-state index in [0.29, 0.717) is 11.4 Å². The molecular formula is C10H8FN3O. The Balaban J connectivity index is 2.65. The first kappa shape index (κ1) is 9.51. The summed E-state index contributed by atoms with van der Waals surface area (Å²) in [6.45, 7) is 1.62. The molecule has 0 saturated heterocycles. The minimum Gasteiger partial charge on any atom is -0.267 e. The summed E-state index contributed by atoms with van der Waals surface area (Å²) in [5, 5.41) is 3.88. The fraction of sp³-hybridized carbons (Fsp3) is 0.100. The van der Waals surface area contributed by atoms with E-state index in [1.807, 2.05) is 0 Å².